The number of carbonyl (C=O) groups excluding carboxylic acids is 1. The Hall–Kier alpha value is -1.35. The summed E-state index contributed by atoms with van der Waals surface area (Å²) >= 11 is 0. The number of benzene rings is 1. The highest BCUT2D eigenvalue weighted by atomic mass is 16.2. The Labute approximate surface area is 101 Å². The molecule has 1 unspecified atom stereocenters. The summed E-state index contributed by atoms with van der Waals surface area (Å²) in [4.78, 5) is 11.5. The third kappa shape index (κ3) is 1.95. The van der Waals surface area contributed by atoms with Crippen LogP contribution in [0.25, 0.3) is 0 Å². The van der Waals surface area contributed by atoms with Gasteiger partial charge in [0.2, 0.25) is 5.91 Å². The molecule has 0 bridgehead atoms. The number of nitrogens with two attached hydrogens (primary N) is 1. The molecule has 1 saturated carbocycles. The number of hydrogen-bond acceptors (Lipinski definition) is 2. The van der Waals surface area contributed by atoms with Crippen molar-refractivity contribution in [3.63, 3.8) is 0 Å². The number of rotatable bonds is 3. The number of carbonyl (C=O) groups is 1. The van der Waals surface area contributed by atoms with Gasteiger partial charge in [0.25, 0.3) is 0 Å². The van der Waals surface area contributed by atoms with Gasteiger partial charge in [-0.1, -0.05) is 12.1 Å². The van der Waals surface area contributed by atoms with Gasteiger partial charge in [0.05, 0.1) is 5.92 Å². The lowest BCUT2D eigenvalue weighted by Crippen LogP contribution is -2.22. The molecule has 1 aliphatic carbocycles. The largest absolute Gasteiger partial charge is 0.325 e. The van der Waals surface area contributed by atoms with Gasteiger partial charge in [-0.2, -0.15) is 0 Å². The van der Waals surface area contributed by atoms with E-state index in [1.165, 1.54) is 5.56 Å². The Morgan fingerprint density at radius 3 is 2.94 bits per heavy atom. The molecule has 17 heavy (non-hydrogen) atoms. The highest BCUT2D eigenvalue weighted by Crippen LogP contribution is 2.37. The molecule has 1 aromatic rings. The predicted molar refractivity (Wildman–Crippen MR) is 68.0 cm³/mol. The molecule has 3 N–H and O–H groups in total. The molecule has 1 fully saturated rings. The summed E-state index contributed by atoms with van der Waals surface area (Å²) in [6.07, 6.45) is 4.40. The molecule has 1 heterocycles. The van der Waals surface area contributed by atoms with E-state index in [1.807, 2.05) is 13.0 Å². The second kappa shape index (κ2) is 3.57. The fraction of sp³-hybridized carbons (Fsp3) is 0.500. The first-order valence-corrected chi connectivity index (χ1v) is 6.30. The number of hydrogen-bond donors (Lipinski definition) is 2. The molecule has 90 valence electrons. The maximum Gasteiger partial charge on any atom is 0.231 e. The number of amides is 1. The Kier molecular flexibility index (Phi) is 2.26. The van der Waals surface area contributed by atoms with E-state index in [4.69, 9.17) is 5.73 Å². The molecule has 0 radical (unpaired) electrons. The fourth-order valence-electron chi connectivity index (χ4n) is 2.43. The van der Waals surface area contributed by atoms with Crippen molar-refractivity contribution in [1.82, 2.24) is 0 Å². The first-order chi connectivity index (χ1) is 8.07. The summed E-state index contributed by atoms with van der Waals surface area (Å²) in [5.74, 6) is 0.0901. The first-order valence-electron chi connectivity index (χ1n) is 6.30. The van der Waals surface area contributed by atoms with Crippen molar-refractivity contribution < 1.29 is 4.79 Å². The van der Waals surface area contributed by atoms with Crippen LogP contribution >= 0.6 is 0 Å². The van der Waals surface area contributed by atoms with E-state index in [-0.39, 0.29) is 17.4 Å². The van der Waals surface area contributed by atoms with Crippen LogP contribution in [-0.4, -0.2) is 11.4 Å². The second-order valence-electron chi connectivity index (χ2n) is 5.49. The molecule has 1 amide bonds. The van der Waals surface area contributed by atoms with Gasteiger partial charge < -0.3 is 11.1 Å². The van der Waals surface area contributed by atoms with Gasteiger partial charge in [-0.25, -0.2) is 0 Å². The summed E-state index contributed by atoms with van der Waals surface area (Å²) in [5, 5.41) is 2.90. The van der Waals surface area contributed by atoms with E-state index in [0.717, 1.165) is 36.9 Å². The topological polar surface area (TPSA) is 55.1 Å². The number of aryl methyl sites for hydroxylation is 1. The third-order valence-electron chi connectivity index (χ3n) is 4.04. The van der Waals surface area contributed by atoms with Crippen molar-refractivity contribution in [1.29, 1.82) is 0 Å². The van der Waals surface area contributed by atoms with Crippen molar-refractivity contribution in [3.05, 3.63) is 29.3 Å². The fourth-order valence-corrected chi connectivity index (χ4v) is 2.43. The average Bonchev–Trinajstić information content (AvgIpc) is 2.98. The smallest absolute Gasteiger partial charge is 0.231 e. The second-order valence-corrected chi connectivity index (χ2v) is 5.49. The molecule has 2 aliphatic rings. The van der Waals surface area contributed by atoms with E-state index in [2.05, 4.69) is 17.4 Å². The van der Waals surface area contributed by atoms with Crippen molar-refractivity contribution >= 4 is 11.6 Å². The van der Waals surface area contributed by atoms with Crippen LogP contribution in [0.5, 0.6) is 0 Å². The minimum absolute atomic E-state index is 0.0160. The lowest BCUT2D eigenvalue weighted by Gasteiger charge is -2.09. The minimum Gasteiger partial charge on any atom is -0.325 e. The summed E-state index contributed by atoms with van der Waals surface area (Å²) in [6, 6.07) is 6.27. The summed E-state index contributed by atoms with van der Waals surface area (Å²) < 4.78 is 0. The van der Waals surface area contributed by atoms with Crippen molar-refractivity contribution in [2.24, 2.45) is 5.73 Å². The molecule has 0 saturated heterocycles. The van der Waals surface area contributed by atoms with Crippen LogP contribution in [0, 0.1) is 0 Å². The van der Waals surface area contributed by atoms with Crippen LogP contribution in [0.4, 0.5) is 5.69 Å². The van der Waals surface area contributed by atoms with E-state index in [9.17, 15) is 4.79 Å². The molecular weight excluding hydrogens is 212 g/mol. The van der Waals surface area contributed by atoms with Crippen LogP contribution in [0.15, 0.2) is 18.2 Å². The number of anilines is 1. The maximum absolute atomic E-state index is 11.5. The van der Waals surface area contributed by atoms with E-state index in [1.54, 1.807) is 0 Å². The van der Waals surface area contributed by atoms with Gasteiger partial charge in [-0.15, -0.1) is 0 Å². The van der Waals surface area contributed by atoms with E-state index in [0.29, 0.717) is 0 Å². The van der Waals surface area contributed by atoms with E-state index >= 15 is 0 Å². The maximum atomic E-state index is 11.5. The summed E-state index contributed by atoms with van der Waals surface area (Å²) in [5.41, 5.74) is 9.60. The highest BCUT2D eigenvalue weighted by molar-refractivity contribution is 6.02. The Balaban J connectivity index is 1.77. The Morgan fingerprint density at radius 2 is 2.24 bits per heavy atom. The molecule has 3 rings (SSSR count). The quantitative estimate of drug-likeness (QED) is 0.836. The van der Waals surface area contributed by atoms with Crippen molar-refractivity contribution in [2.75, 3.05) is 5.32 Å². The normalized spacial score (nSPS) is 24.4. The molecular formula is C14H18N2O. The SMILES string of the molecule is CC1C(=O)Nc2ccc(CCC3(N)CC3)cc21. The molecule has 0 aromatic heterocycles. The van der Waals surface area contributed by atoms with Crippen LogP contribution in [0.1, 0.15) is 43.2 Å². The predicted octanol–water partition coefficient (Wildman–Crippen LogP) is 2.17. The molecule has 3 heteroatoms. The van der Waals surface area contributed by atoms with Crippen LogP contribution in [-0.2, 0) is 11.2 Å². The Bertz CT molecular complexity index is 477. The van der Waals surface area contributed by atoms with Gasteiger partial charge in [0.1, 0.15) is 0 Å². The molecule has 1 atom stereocenters. The standard InChI is InChI=1S/C14H18N2O/c1-9-11-8-10(4-5-14(15)6-7-14)2-3-12(11)16-13(9)17/h2-3,8-9H,4-7,15H2,1H3,(H,16,17). The van der Waals surface area contributed by atoms with E-state index < -0.39 is 0 Å². The number of fused-ring (bicyclic) bond motifs is 1. The van der Waals surface area contributed by atoms with Crippen molar-refractivity contribution in [3.8, 4) is 0 Å². The molecule has 0 spiro atoms. The Morgan fingerprint density at radius 1 is 1.47 bits per heavy atom. The van der Waals surface area contributed by atoms with Crippen LogP contribution in [0.3, 0.4) is 0 Å². The van der Waals surface area contributed by atoms with Gasteiger partial charge in [0.15, 0.2) is 0 Å². The monoisotopic (exact) mass is 230 g/mol. The van der Waals surface area contributed by atoms with Gasteiger partial charge in [-0.05, 0) is 49.8 Å². The van der Waals surface area contributed by atoms with Gasteiger partial charge in [-0.3, -0.25) is 4.79 Å². The average molecular weight is 230 g/mol. The summed E-state index contributed by atoms with van der Waals surface area (Å²) in [7, 11) is 0. The lowest BCUT2D eigenvalue weighted by molar-refractivity contribution is -0.116. The molecule has 3 nitrogen and oxygen atoms in total. The molecule has 1 aliphatic heterocycles. The highest BCUT2D eigenvalue weighted by Gasteiger charge is 2.37. The third-order valence-corrected chi connectivity index (χ3v) is 4.04. The van der Waals surface area contributed by atoms with Gasteiger partial charge >= 0.3 is 0 Å². The first kappa shape index (κ1) is 10.8. The van der Waals surface area contributed by atoms with Crippen LogP contribution in [0.2, 0.25) is 0 Å². The summed E-state index contributed by atoms with van der Waals surface area (Å²) in [6.45, 7) is 1.95. The number of nitrogens with one attached hydrogen (secondary N) is 1. The zero-order chi connectivity index (χ0) is 12.0. The lowest BCUT2D eigenvalue weighted by atomic mass is 9.97. The van der Waals surface area contributed by atoms with Gasteiger partial charge in [0, 0.05) is 11.2 Å². The zero-order valence-corrected chi connectivity index (χ0v) is 10.1. The minimum atomic E-state index is -0.0160. The van der Waals surface area contributed by atoms with Crippen molar-refractivity contribution in [2.45, 2.75) is 44.1 Å². The van der Waals surface area contributed by atoms with Crippen LogP contribution < -0.4 is 11.1 Å². The zero-order valence-electron chi connectivity index (χ0n) is 10.1. The molecule has 1 aromatic carbocycles.